The Kier molecular flexibility index (Phi) is 11.2. The fourth-order valence-corrected chi connectivity index (χ4v) is 2.63. The first-order valence-corrected chi connectivity index (χ1v) is 9.47. The summed E-state index contributed by atoms with van der Waals surface area (Å²) < 4.78 is 10.8. The zero-order chi connectivity index (χ0) is 17.6. The first-order valence-electron chi connectivity index (χ1n) is 9.47. The van der Waals surface area contributed by atoms with Crippen molar-refractivity contribution in [2.45, 2.75) is 65.7 Å². The van der Waals surface area contributed by atoms with E-state index in [0.29, 0.717) is 18.8 Å². The number of carbonyl (C=O) groups is 1. The van der Waals surface area contributed by atoms with Gasteiger partial charge in [-0.3, -0.25) is 0 Å². The van der Waals surface area contributed by atoms with Gasteiger partial charge < -0.3 is 9.47 Å². The Labute approximate surface area is 147 Å². The lowest BCUT2D eigenvalue weighted by Gasteiger charge is -2.08. The van der Waals surface area contributed by atoms with Crippen LogP contribution >= 0.6 is 0 Å². The van der Waals surface area contributed by atoms with Gasteiger partial charge in [0.1, 0.15) is 6.61 Å². The Hall–Kier alpha value is -1.35. The lowest BCUT2D eigenvalue weighted by atomic mass is 10.0. The molecule has 0 aliphatic rings. The maximum absolute atomic E-state index is 12.0. The molecule has 0 aromatic heterocycles. The summed E-state index contributed by atoms with van der Waals surface area (Å²) in [5.41, 5.74) is 1.81. The second-order valence-electron chi connectivity index (χ2n) is 6.80. The monoisotopic (exact) mass is 334 g/mol. The zero-order valence-corrected chi connectivity index (χ0v) is 15.7. The van der Waals surface area contributed by atoms with Gasteiger partial charge in [-0.05, 0) is 36.5 Å². The van der Waals surface area contributed by atoms with Crippen molar-refractivity contribution in [1.82, 2.24) is 0 Å². The summed E-state index contributed by atoms with van der Waals surface area (Å²) in [4.78, 5) is 12.0. The van der Waals surface area contributed by atoms with E-state index in [1.54, 1.807) is 6.07 Å². The maximum Gasteiger partial charge on any atom is 0.338 e. The van der Waals surface area contributed by atoms with E-state index in [2.05, 4.69) is 20.8 Å². The van der Waals surface area contributed by atoms with Gasteiger partial charge in [-0.15, -0.1) is 0 Å². The fraction of sp³-hybridized carbons (Fsp3) is 0.667. The SMILES string of the molecule is CCCc1cccc(C(=O)OCCOCCCCCCC(C)C)c1. The molecule has 0 aliphatic carbocycles. The number of unbranched alkanes of at least 4 members (excludes halogenated alkanes) is 3. The van der Waals surface area contributed by atoms with Crippen LogP contribution in [0.5, 0.6) is 0 Å². The first-order chi connectivity index (χ1) is 11.6. The zero-order valence-electron chi connectivity index (χ0n) is 15.7. The summed E-state index contributed by atoms with van der Waals surface area (Å²) in [6, 6.07) is 7.69. The highest BCUT2D eigenvalue weighted by Gasteiger charge is 2.07. The second kappa shape index (κ2) is 13.0. The molecule has 0 unspecified atom stereocenters. The van der Waals surface area contributed by atoms with Crippen molar-refractivity contribution in [2.24, 2.45) is 5.92 Å². The Morgan fingerprint density at radius 1 is 1.04 bits per heavy atom. The van der Waals surface area contributed by atoms with E-state index in [0.717, 1.165) is 31.8 Å². The molecule has 0 radical (unpaired) electrons. The van der Waals surface area contributed by atoms with Crippen LogP contribution < -0.4 is 0 Å². The van der Waals surface area contributed by atoms with Crippen molar-refractivity contribution in [2.75, 3.05) is 19.8 Å². The van der Waals surface area contributed by atoms with Crippen LogP contribution in [-0.4, -0.2) is 25.8 Å². The molecule has 0 amide bonds. The number of aryl methyl sites for hydroxylation is 1. The minimum atomic E-state index is -0.259. The van der Waals surface area contributed by atoms with Gasteiger partial charge in [0.15, 0.2) is 0 Å². The molecular formula is C21H34O3. The molecule has 24 heavy (non-hydrogen) atoms. The molecule has 136 valence electrons. The van der Waals surface area contributed by atoms with Gasteiger partial charge in [0, 0.05) is 6.61 Å². The lowest BCUT2D eigenvalue weighted by Crippen LogP contribution is -2.11. The van der Waals surface area contributed by atoms with Crippen LogP contribution in [0.4, 0.5) is 0 Å². The molecule has 1 rings (SSSR count). The summed E-state index contributed by atoms with van der Waals surface area (Å²) in [5, 5.41) is 0. The number of rotatable bonds is 13. The topological polar surface area (TPSA) is 35.5 Å². The van der Waals surface area contributed by atoms with Gasteiger partial charge >= 0.3 is 5.97 Å². The largest absolute Gasteiger partial charge is 0.460 e. The summed E-state index contributed by atoms with van der Waals surface area (Å²) in [7, 11) is 0. The molecule has 0 aliphatic heterocycles. The van der Waals surface area contributed by atoms with E-state index in [9.17, 15) is 4.79 Å². The predicted molar refractivity (Wildman–Crippen MR) is 99.5 cm³/mol. The highest BCUT2D eigenvalue weighted by Crippen LogP contribution is 2.10. The van der Waals surface area contributed by atoms with Crippen molar-refractivity contribution in [1.29, 1.82) is 0 Å². The van der Waals surface area contributed by atoms with Crippen LogP contribution in [0, 0.1) is 5.92 Å². The third-order valence-corrected chi connectivity index (χ3v) is 3.98. The van der Waals surface area contributed by atoms with E-state index in [1.165, 1.54) is 31.2 Å². The number of hydrogen-bond donors (Lipinski definition) is 0. The van der Waals surface area contributed by atoms with Crippen molar-refractivity contribution < 1.29 is 14.3 Å². The Balaban J connectivity index is 2.04. The van der Waals surface area contributed by atoms with Gasteiger partial charge in [0.2, 0.25) is 0 Å². The van der Waals surface area contributed by atoms with Crippen LogP contribution in [-0.2, 0) is 15.9 Å². The molecule has 0 spiro atoms. The average Bonchev–Trinajstić information content (AvgIpc) is 2.56. The highest BCUT2D eigenvalue weighted by molar-refractivity contribution is 5.89. The molecule has 0 fully saturated rings. The van der Waals surface area contributed by atoms with E-state index in [4.69, 9.17) is 9.47 Å². The first kappa shape index (κ1) is 20.7. The number of carbonyl (C=O) groups excluding carboxylic acids is 1. The van der Waals surface area contributed by atoms with Gasteiger partial charge in [-0.2, -0.15) is 0 Å². The quantitative estimate of drug-likeness (QED) is 0.357. The maximum atomic E-state index is 12.0. The third-order valence-electron chi connectivity index (χ3n) is 3.98. The van der Waals surface area contributed by atoms with Crippen LogP contribution in [0.3, 0.4) is 0 Å². The summed E-state index contributed by atoms with van der Waals surface area (Å²) in [6.45, 7) is 8.23. The molecule has 1 aromatic rings. The van der Waals surface area contributed by atoms with Crippen molar-refractivity contribution in [3.8, 4) is 0 Å². The normalized spacial score (nSPS) is 11.0. The van der Waals surface area contributed by atoms with Gasteiger partial charge in [0.25, 0.3) is 0 Å². The van der Waals surface area contributed by atoms with Crippen LogP contribution in [0.1, 0.15) is 75.2 Å². The van der Waals surface area contributed by atoms with E-state index in [-0.39, 0.29) is 5.97 Å². The van der Waals surface area contributed by atoms with Crippen LogP contribution in [0.25, 0.3) is 0 Å². The summed E-state index contributed by atoms with van der Waals surface area (Å²) in [5.74, 6) is 0.545. The molecule has 0 saturated carbocycles. The second-order valence-corrected chi connectivity index (χ2v) is 6.80. The molecule has 3 nitrogen and oxygen atoms in total. The van der Waals surface area contributed by atoms with Gasteiger partial charge in [-0.1, -0.05) is 65.0 Å². The van der Waals surface area contributed by atoms with Gasteiger partial charge in [-0.25, -0.2) is 4.79 Å². The van der Waals surface area contributed by atoms with E-state index in [1.807, 2.05) is 18.2 Å². The molecule has 0 bridgehead atoms. The molecule has 1 aromatic carbocycles. The molecule has 0 atom stereocenters. The molecule has 3 heteroatoms. The Morgan fingerprint density at radius 2 is 1.83 bits per heavy atom. The van der Waals surface area contributed by atoms with Gasteiger partial charge in [0.05, 0.1) is 12.2 Å². The Bertz CT molecular complexity index is 454. The van der Waals surface area contributed by atoms with Crippen molar-refractivity contribution >= 4 is 5.97 Å². The highest BCUT2D eigenvalue weighted by atomic mass is 16.6. The number of ether oxygens (including phenoxy) is 2. The molecule has 0 N–H and O–H groups in total. The van der Waals surface area contributed by atoms with Crippen molar-refractivity contribution in [3.05, 3.63) is 35.4 Å². The summed E-state index contributed by atoms with van der Waals surface area (Å²) in [6.07, 6.45) is 8.28. The molecule has 0 heterocycles. The van der Waals surface area contributed by atoms with E-state index >= 15 is 0 Å². The number of esters is 1. The fourth-order valence-electron chi connectivity index (χ4n) is 2.63. The third kappa shape index (κ3) is 9.71. The van der Waals surface area contributed by atoms with Crippen LogP contribution in [0.15, 0.2) is 24.3 Å². The standard InChI is InChI=1S/C21H34O3/c1-4-10-19-12-9-13-20(17-19)21(22)24-16-15-23-14-8-6-5-7-11-18(2)3/h9,12-13,17-18H,4-8,10-11,14-16H2,1-3H3. The predicted octanol–water partition coefficient (Wildman–Crippen LogP) is 5.42. The minimum Gasteiger partial charge on any atom is -0.460 e. The van der Waals surface area contributed by atoms with Crippen molar-refractivity contribution in [3.63, 3.8) is 0 Å². The molecule has 0 saturated heterocycles. The van der Waals surface area contributed by atoms with Crippen LogP contribution in [0.2, 0.25) is 0 Å². The molecular weight excluding hydrogens is 300 g/mol. The lowest BCUT2D eigenvalue weighted by molar-refractivity contribution is 0.0312. The number of benzene rings is 1. The smallest absolute Gasteiger partial charge is 0.338 e. The number of hydrogen-bond acceptors (Lipinski definition) is 3. The Morgan fingerprint density at radius 3 is 2.58 bits per heavy atom. The minimum absolute atomic E-state index is 0.259. The summed E-state index contributed by atoms with van der Waals surface area (Å²) >= 11 is 0. The average molecular weight is 334 g/mol. The van der Waals surface area contributed by atoms with E-state index < -0.39 is 0 Å².